The smallest absolute Gasteiger partial charge is 0.303 e. The van der Waals surface area contributed by atoms with Gasteiger partial charge in [-0.25, -0.2) is 18.9 Å². The van der Waals surface area contributed by atoms with E-state index in [1.807, 2.05) is 6.92 Å². The van der Waals surface area contributed by atoms with Crippen LogP contribution in [0.3, 0.4) is 0 Å². The Balaban J connectivity index is 1.71. The zero-order valence-corrected chi connectivity index (χ0v) is 19.4. The molecule has 34 heavy (non-hydrogen) atoms. The number of nitrogens with zero attached hydrogens (tertiary/aromatic N) is 1. The lowest BCUT2D eigenvalue weighted by Crippen LogP contribution is -2.36. The van der Waals surface area contributed by atoms with E-state index < -0.39 is 21.7 Å². The fourth-order valence-corrected chi connectivity index (χ4v) is 5.04. The summed E-state index contributed by atoms with van der Waals surface area (Å²) < 4.78 is 31.7. The van der Waals surface area contributed by atoms with Gasteiger partial charge in [-0.2, -0.15) is 0 Å². The van der Waals surface area contributed by atoms with Crippen molar-refractivity contribution in [3.63, 3.8) is 0 Å². The second kappa shape index (κ2) is 11.4. The van der Waals surface area contributed by atoms with Crippen LogP contribution in [0.25, 0.3) is 0 Å². The number of anilines is 1. The average molecular weight is 483 g/mol. The molecule has 178 valence electrons. The van der Waals surface area contributed by atoms with Gasteiger partial charge < -0.3 is 9.84 Å². The van der Waals surface area contributed by atoms with Crippen molar-refractivity contribution >= 4 is 27.9 Å². The van der Waals surface area contributed by atoms with Gasteiger partial charge in [0, 0.05) is 12.5 Å². The van der Waals surface area contributed by atoms with Gasteiger partial charge >= 0.3 is 5.97 Å². The molecule has 2 N–H and O–H groups in total. The Morgan fingerprint density at radius 2 is 1.59 bits per heavy atom. The second-order valence-electron chi connectivity index (χ2n) is 7.54. The first-order valence-electron chi connectivity index (χ1n) is 10.7. The number of carboxylic acid groups (broad SMARTS) is 1. The number of sulfone groups is 1. The van der Waals surface area contributed by atoms with Crippen LogP contribution in [0.4, 0.5) is 5.69 Å². The molecule has 0 saturated heterocycles. The lowest BCUT2D eigenvalue weighted by Gasteiger charge is -2.17. The lowest BCUT2D eigenvalue weighted by molar-refractivity contribution is -0.137. The molecule has 1 unspecified atom stereocenters. The molecule has 3 aromatic rings. The zero-order valence-electron chi connectivity index (χ0n) is 18.6. The molecule has 0 radical (unpaired) electrons. The van der Waals surface area contributed by atoms with Gasteiger partial charge in [0.2, 0.25) is 6.41 Å². The van der Waals surface area contributed by atoms with E-state index in [9.17, 15) is 23.1 Å². The molecule has 0 aliphatic rings. The Morgan fingerprint density at radius 1 is 1.00 bits per heavy atom. The standard InChI is InChI=1S/C25H26N2O6S/c1-2-26-27(18-28)21-8-10-22(11-9-21)33-23-12-14-24(15-13-23)34(31,32)17-20(16-25(29)30)19-6-4-3-5-7-19/h3-15,18,20,26H,2,16-17H2,1H3,(H,29,30). The molecule has 0 spiro atoms. The maximum absolute atomic E-state index is 13.0. The third-order valence-electron chi connectivity index (χ3n) is 5.08. The maximum atomic E-state index is 13.0. The fourth-order valence-electron chi connectivity index (χ4n) is 3.46. The van der Waals surface area contributed by atoms with Crippen molar-refractivity contribution in [1.29, 1.82) is 0 Å². The summed E-state index contributed by atoms with van der Waals surface area (Å²) in [5.74, 6) is -1.07. The molecule has 0 aliphatic heterocycles. The third-order valence-corrected chi connectivity index (χ3v) is 6.91. The number of rotatable bonds is 12. The van der Waals surface area contributed by atoms with Gasteiger partial charge in [0.25, 0.3) is 0 Å². The predicted octanol–water partition coefficient (Wildman–Crippen LogP) is 4.00. The van der Waals surface area contributed by atoms with Crippen molar-refractivity contribution < 1.29 is 27.9 Å². The number of carbonyl (C=O) groups excluding carboxylic acids is 1. The van der Waals surface area contributed by atoms with Crippen molar-refractivity contribution in [2.45, 2.75) is 24.2 Å². The third kappa shape index (κ3) is 6.66. The number of nitrogens with one attached hydrogen (secondary N) is 1. The summed E-state index contributed by atoms with van der Waals surface area (Å²) in [7, 11) is -3.73. The average Bonchev–Trinajstić information content (AvgIpc) is 2.83. The van der Waals surface area contributed by atoms with E-state index in [1.54, 1.807) is 66.7 Å². The molecule has 3 rings (SSSR count). The van der Waals surface area contributed by atoms with Crippen LogP contribution in [-0.4, -0.2) is 38.2 Å². The number of benzene rings is 3. The molecule has 8 nitrogen and oxygen atoms in total. The van der Waals surface area contributed by atoms with Gasteiger partial charge in [-0.3, -0.25) is 9.59 Å². The largest absolute Gasteiger partial charge is 0.481 e. The highest BCUT2D eigenvalue weighted by atomic mass is 32.2. The van der Waals surface area contributed by atoms with Gasteiger partial charge in [0.05, 0.1) is 22.8 Å². The van der Waals surface area contributed by atoms with Crippen molar-refractivity contribution in [2.75, 3.05) is 17.3 Å². The van der Waals surface area contributed by atoms with Crippen LogP contribution in [0.1, 0.15) is 24.8 Å². The molecule has 0 saturated carbocycles. The summed E-state index contributed by atoms with van der Waals surface area (Å²) >= 11 is 0. The van der Waals surface area contributed by atoms with E-state index in [1.165, 1.54) is 17.1 Å². The van der Waals surface area contributed by atoms with Crippen LogP contribution in [0, 0.1) is 0 Å². The topological polar surface area (TPSA) is 113 Å². The van der Waals surface area contributed by atoms with Crippen molar-refractivity contribution in [2.24, 2.45) is 0 Å². The second-order valence-corrected chi connectivity index (χ2v) is 9.58. The van der Waals surface area contributed by atoms with Gasteiger partial charge in [0.15, 0.2) is 9.84 Å². The number of carboxylic acids is 1. The number of hydrazine groups is 1. The highest BCUT2D eigenvalue weighted by Gasteiger charge is 2.25. The molecule has 0 heterocycles. The molecular weight excluding hydrogens is 456 g/mol. The monoisotopic (exact) mass is 482 g/mol. The molecular formula is C25H26N2O6S. The van der Waals surface area contributed by atoms with Gasteiger partial charge in [0.1, 0.15) is 11.5 Å². The summed E-state index contributed by atoms with van der Waals surface area (Å²) in [5.41, 5.74) is 4.23. The van der Waals surface area contributed by atoms with Gasteiger partial charge in [-0.15, -0.1) is 0 Å². The van der Waals surface area contributed by atoms with Crippen LogP contribution in [0.5, 0.6) is 11.5 Å². The Bertz CT molecular complexity index is 1200. The van der Waals surface area contributed by atoms with Gasteiger partial charge in [-0.05, 0) is 54.1 Å². The molecule has 1 amide bonds. The Kier molecular flexibility index (Phi) is 8.39. The van der Waals surface area contributed by atoms with E-state index in [-0.39, 0.29) is 17.1 Å². The lowest BCUT2D eigenvalue weighted by atomic mass is 9.98. The summed E-state index contributed by atoms with van der Waals surface area (Å²) in [6, 6.07) is 21.6. The van der Waals surface area contributed by atoms with Crippen LogP contribution < -0.4 is 15.2 Å². The summed E-state index contributed by atoms with van der Waals surface area (Å²) in [6.45, 7) is 2.47. The van der Waals surface area contributed by atoms with E-state index in [0.717, 1.165) is 0 Å². The summed E-state index contributed by atoms with van der Waals surface area (Å²) in [5, 5.41) is 10.6. The Labute approximate surface area is 198 Å². The molecule has 3 aromatic carbocycles. The molecule has 0 bridgehead atoms. The predicted molar refractivity (Wildman–Crippen MR) is 129 cm³/mol. The first-order chi connectivity index (χ1) is 16.3. The van der Waals surface area contributed by atoms with Crippen molar-refractivity contribution in [3.8, 4) is 11.5 Å². The van der Waals surface area contributed by atoms with E-state index in [0.29, 0.717) is 35.7 Å². The number of ether oxygens (including phenoxy) is 1. The zero-order chi connectivity index (χ0) is 24.6. The first kappa shape index (κ1) is 24.9. The van der Waals surface area contributed by atoms with Crippen LogP contribution in [0.15, 0.2) is 83.8 Å². The molecule has 0 fully saturated rings. The number of carbonyl (C=O) groups is 2. The van der Waals surface area contributed by atoms with E-state index >= 15 is 0 Å². The highest BCUT2D eigenvalue weighted by molar-refractivity contribution is 7.91. The molecule has 0 aromatic heterocycles. The Hall–Kier alpha value is -3.69. The quantitative estimate of drug-likeness (QED) is 0.296. The van der Waals surface area contributed by atoms with Gasteiger partial charge in [-0.1, -0.05) is 37.3 Å². The van der Waals surface area contributed by atoms with Crippen LogP contribution >= 0.6 is 0 Å². The Morgan fingerprint density at radius 3 is 2.12 bits per heavy atom. The minimum atomic E-state index is -3.73. The first-order valence-corrected chi connectivity index (χ1v) is 12.3. The summed E-state index contributed by atoms with van der Waals surface area (Å²) in [4.78, 5) is 22.5. The number of amides is 1. The van der Waals surface area contributed by atoms with Crippen LogP contribution in [-0.2, 0) is 19.4 Å². The fraction of sp³-hybridized carbons (Fsp3) is 0.200. The highest BCUT2D eigenvalue weighted by Crippen LogP contribution is 2.28. The van der Waals surface area contributed by atoms with E-state index in [2.05, 4.69) is 5.43 Å². The van der Waals surface area contributed by atoms with E-state index in [4.69, 9.17) is 4.74 Å². The minimum absolute atomic E-state index is 0.0915. The molecule has 0 aliphatic carbocycles. The normalized spacial score (nSPS) is 12.0. The van der Waals surface area contributed by atoms with Crippen molar-refractivity contribution in [3.05, 3.63) is 84.4 Å². The maximum Gasteiger partial charge on any atom is 0.303 e. The number of aliphatic carboxylic acids is 1. The number of hydrogen-bond donors (Lipinski definition) is 2. The molecule has 9 heteroatoms. The minimum Gasteiger partial charge on any atom is -0.481 e. The van der Waals surface area contributed by atoms with Crippen LogP contribution in [0.2, 0.25) is 0 Å². The molecule has 1 atom stereocenters. The number of hydrogen-bond acceptors (Lipinski definition) is 6. The summed E-state index contributed by atoms with van der Waals surface area (Å²) in [6.07, 6.45) is 0.396. The van der Waals surface area contributed by atoms with Crippen molar-refractivity contribution in [1.82, 2.24) is 5.43 Å². The SMILES string of the molecule is CCNN(C=O)c1ccc(Oc2ccc(S(=O)(=O)CC(CC(=O)O)c3ccccc3)cc2)cc1.